The number of hydrogen-bond donors (Lipinski definition) is 2. The Morgan fingerprint density at radius 3 is 2.37 bits per heavy atom. The molecule has 19 heavy (non-hydrogen) atoms. The molecule has 0 bridgehead atoms. The van der Waals surface area contributed by atoms with Crippen LogP contribution in [-0.4, -0.2) is 22.4 Å². The minimum atomic E-state index is -0.585. The third-order valence-corrected chi connectivity index (χ3v) is 3.10. The molecule has 0 radical (unpaired) electrons. The number of aliphatic hydroxyl groups excluding tert-OH is 2. The van der Waals surface area contributed by atoms with Crippen LogP contribution >= 0.6 is 0 Å². The lowest BCUT2D eigenvalue weighted by molar-refractivity contribution is 0.163. The second-order valence-corrected chi connectivity index (χ2v) is 4.99. The van der Waals surface area contributed by atoms with Crippen molar-refractivity contribution in [2.75, 3.05) is 0 Å². The van der Waals surface area contributed by atoms with E-state index in [-0.39, 0.29) is 6.10 Å². The van der Waals surface area contributed by atoms with Crippen molar-refractivity contribution >= 4 is 0 Å². The molecule has 2 unspecified atom stereocenters. The van der Waals surface area contributed by atoms with Gasteiger partial charge in [0.15, 0.2) is 0 Å². The highest BCUT2D eigenvalue weighted by Gasteiger charge is 2.00. The monoisotopic (exact) mass is 266 g/mol. The maximum Gasteiger partial charge on any atom is 0.0903 e. The molecule has 0 aliphatic rings. The van der Waals surface area contributed by atoms with E-state index in [1.54, 1.807) is 12.2 Å². The summed E-state index contributed by atoms with van der Waals surface area (Å²) in [5.41, 5.74) is 0. The van der Waals surface area contributed by atoms with Crippen LogP contribution in [0.25, 0.3) is 0 Å². The van der Waals surface area contributed by atoms with Crippen LogP contribution in [-0.2, 0) is 0 Å². The fourth-order valence-electron chi connectivity index (χ4n) is 1.85. The molecule has 0 aromatic heterocycles. The Kier molecular flexibility index (Phi) is 13.0. The van der Waals surface area contributed by atoms with Gasteiger partial charge in [0.2, 0.25) is 0 Å². The summed E-state index contributed by atoms with van der Waals surface area (Å²) in [6.45, 7) is 5.70. The average Bonchev–Trinajstić information content (AvgIpc) is 2.42. The third-order valence-electron chi connectivity index (χ3n) is 3.10. The summed E-state index contributed by atoms with van der Waals surface area (Å²) in [6.07, 6.45) is 17.0. The lowest BCUT2D eigenvalue weighted by Crippen LogP contribution is -2.04. The van der Waals surface area contributed by atoms with E-state index in [2.05, 4.69) is 13.5 Å². The third kappa shape index (κ3) is 13.4. The zero-order valence-electron chi connectivity index (χ0n) is 12.3. The standard InChI is InChI=1S/C17H30O2/c1-3-5-6-7-8-10-14-17(19)15-12-9-11-13-16(18)4-2/h4,9,11-13,16-19H,2-3,5-8,10,14-15H2,1H3. The van der Waals surface area contributed by atoms with Gasteiger partial charge in [-0.2, -0.15) is 0 Å². The van der Waals surface area contributed by atoms with Gasteiger partial charge in [0.25, 0.3) is 0 Å². The van der Waals surface area contributed by atoms with Gasteiger partial charge in [-0.15, -0.1) is 6.58 Å². The van der Waals surface area contributed by atoms with Gasteiger partial charge in [-0.25, -0.2) is 0 Å². The van der Waals surface area contributed by atoms with Crippen molar-refractivity contribution in [1.29, 1.82) is 0 Å². The lowest BCUT2D eigenvalue weighted by Gasteiger charge is -2.07. The number of aliphatic hydroxyl groups is 2. The van der Waals surface area contributed by atoms with E-state index in [9.17, 15) is 10.2 Å². The van der Waals surface area contributed by atoms with Crippen LogP contribution in [0, 0.1) is 0 Å². The number of unbranched alkanes of at least 4 members (excludes halogenated alkanes) is 5. The molecular formula is C17H30O2. The van der Waals surface area contributed by atoms with Crippen LogP contribution in [0.4, 0.5) is 0 Å². The Labute approximate surface area is 118 Å². The summed E-state index contributed by atoms with van der Waals surface area (Å²) in [7, 11) is 0. The highest BCUT2D eigenvalue weighted by Crippen LogP contribution is 2.10. The Morgan fingerprint density at radius 1 is 1.00 bits per heavy atom. The summed E-state index contributed by atoms with van der Waals surface area (Å²) >= 11 is 0. The molecule has 2 heteroatoms. The van der Waals surface area contributed by atoms with E-state index in [0.29, 0.717) is 6.42 Å². The first-order chi connectivity index (χ1) is 9.20. The number of hydrogen-bond acceptors (Lipinski definition) is 2. The van der Waals surface area contributed by atoms with Gasteiger partial charge < -0.3 is 10.2 Å². The molecule has 0 heterocycles. The Hall–Kier alpha value is -0.860. The molecule has 0 saturated carbocycles. The smallest absolute Gasteiger partial charge is 0.0903 e. The molecule has 2 nitrogen and oxygen atoms in total. The molecule has 0 fully saturated rings. The molecule has 110 valence electrons. The molecule has 2 atom stereocenters. The molecule has 0 saturated heterocycles. The van der Waals surface area contributed by atoms with E-state index in [1.807, 2.05) is 12.2 Å². The minimum Gasteiger partial charge on any atom is -0.393 e. The average molecular weight is 266 g/mol. The van der Waals surface area contributed by atoms with Crippen LogP contribution in [0.3, 0.4) is 0 Å². The summed E-state index contributed by atoms with van der Waals surface area (Å²) in [6, 6.07) is 0. The molecule has 0 amide bonds. The quantitative estimate of drug-likeness (QED) is 0.316. The van der Waals surface area contributed by atoms with Gasteiger partial charge in [-0.1, -0.05) is 75.8 Å². The van der Waals surface area contributed by atoms with Crippen molar-refractivity contribution in [2.45, 2.75) is 70.5 Å². The fourth-order valence-corrected chi connectivity index (χ4v) is 1.85. The highest BCUT2D eigenvalue weighted by molar-refractivity contribution is 5.08. The summed E-state index contributed by atoms with van der Waals surface area (Å²) in [5.74, 6) is 0. The Balaban J connectivity index is 3.48. The predicted molar refractivity (Wildman–Crippen MR) is 83.1 cm³/mol. The first kappa shape index (κ1) is 18.1. The van der Waals surface area contributed by atoms with Crippen LogP contribution < -0.4 is 0 Å². The lowest BCUT2D eigenvalue weighted by atomic mass is 10.1. The SMILES string of the molecule is C=CC(O)C=CC=CCC(O)CCCCCCCC. The minimum absolute atomic E-state index is 0.236. The summed E-state index contributed by atoms with van der Waals surface area (Å²) in [5, 5.41) is 18.9. The van der Waals surface area contributed by atoms with E-state index in [4.69, 9.17) is 0 Å². The molecule has 0 aliphatic carbocycles. The highest BCUT2D eigenvalue weighted by atomic mass is 16.3. The summed E-state index contributed by atoms with van der Waals surface area (Å²) < 4.78 is 0. The van der Waals surface area contributed by atoms with Gasteiger partial charge in [-0.3, -0.25) is 0 Å². The van der Waals surface area contributed by atoms with Crippen molar-refractivity contribution < 1.29 is 10.2 Å². The molecule has 0 spiro atoms. The van der Waals surface area contributed by atoms with Gasteiger partial charge in [0.05, 0.1) is 12.2 Å². The number of rotatable bonds is 12. The predicted octanol–water partition coefficient (Wildman–Crippen LogP) is 4.15. The van der Waals surface area contributed by atoms with E-state index in [0.717, 1.165) is 12.8 Å². The molecule has 0 aliphatic heterocycles. The second-order valence-electron chi connectivity index (χ2n) is 4.99. The summed E-state index contributed by atoms with van der Waals surface area (Å²) in [4.78, 5) is 0. The van der Waals surface area contributed by atoms with Crippen molar-refractivity contribution in [3.8, 4) is 0 Å². The van der Waals surface area contributed by atoms with Gasteiger partial charge >= 0.3 is 0 Å². The maximum absolute atomic E-state index is 9.77. The molecule has 0 aromatic rings. The maximum atomic E-state index is 9.77. The van der Waals surface area contributed by atoms with Gasteiger partial charge in [-0.05, 0) is 12.8 Å². The van der Waals surface area contributed by atoms with E-state index < -0.39 is 6.10 Å². The fraction of sp³-hybridized carbons (Fsp3) is 0.647. The Bertz CT molecular complexity index is 256. The van der Waals surface area contributed by atoms with Crippen molar-refractivity contribution in [3.05, 3.63) is 37.0 Å². The van der Waals surface area contributed by atoms with Crippen molar-refractivity contribution in [3.63, 3.8) is 0 Å². The molecule has 0 rings (SSSR count). The van der Waals surface area contributed by atoms with Gasteiger partial charge in [0.1, 0.15) is 0 Å². The molecule has 0 aromatic carbocycles. The van der Waals surface area contributed by atoms with Crippen LogP contribution in [0.15, 0.2) is 37.0 Å². The van der Waals surface area contributed by atoms with Crippen LogP contribution in [0.1, 0.15) is 58.3 Å². The first-order valence-corrected chi connectivity index (χ1v) is 7.52. The van der Waals surface area contributed by atoms with Gasteiger partial charge in [0, 0.05) is 0 Å². The second kappa shape index (κ2) is 13.6. The van der Waals surface area contributed by atoms with Crippen LogP contribution in [0.5, 0.6) is 0 Å². The van der Waals surface area contributed by atoms with Crippen molar-refractivity contribution in [2.24, 2.45) is 0 Å². The Morgan fingerprint density at radius 2 is 1.68 bits per heavy atom. The van der Waals surface area contributed by atoms with E-state index >= 15 is 0 Å². The zero-order chi connectivity index (χ0) is 14.3. The zero-order valence-corrected chi connectivity index (χ0v) is 12.3. The van der Waals surface area contributed by atoms with Crippen molar-refractivity contribution in [1.82, 2.24) is 0 Å². The first-order valence-electron chi connectivity index (χ1n) is 7.52. The van der Waals surface area contributed by atoms with Crippen LogP contribution in [0.2, 0.25) is 0 Å². The molecule has 2 N–H and O–H groups in total. The van der Waals surface area contributed by atoms with E-state index in [1.165, 1.54) is 38.2 Å². The molecular weight excluding hydrogens is 236 g/mol. The topological polar surface area (TPSA) is 40.5 Å². The largest absolute Gasteiger partial charge is 0.393 e. The number of allylic oxidation sites excluding steroid dienone is 2. The normalized spacial score (nSPS) is 15.1.